The summed E-state index contributed by atoms with van der Waals surface area (Å²) in [5.74, 6) is -1.99. The first-order valence-corrected chi connectivity index (χ1v) is 7.86. The van der Waals surface area contributed by atoms with Crippen molar-refractivity contribution in [3.8, 4) is 0 Å². The number of carbonyl (C=O) groups excluding carboxylic acids is 1. The Kier molecular flexibility index (Phi) is 5.54. The van der Waals surface area contributed by atoms with Gasteiger partial charge in [-0.1, -0.05) is 22.0 Å². The summed E-state index contributed by atoms with van der Waals surface area (Å²) in [5, 5.41) is 9.35. The van der Waals surface area contributed by atoms with Crippen LogP contribution in [0, 0.1) is 0 Å². The highest BCUT2D eigenvalue weighted by molar-refractivity contribution is 9.10. The van der Waals surface area contributed by atoms with Crippen molar-refractivity contribution in [2.45, 2.75) is 38.2 Å². The van der Waals surface area contributed by atoms with Gasteiger partial charge in [0.15, 0.2) is 0 Å². The molecule has 24 heavy (non-hydrogen) atoms. The van der Waals surface area contributed by atoms with Crippen molar-refractivity contribution in [2.24, 2.45) is 0 Å². The lowest BCUT2D eigenvalue weighted by Gasteiger charge is -2.36. The van der Waals surface area contributed by atoms with Gasteiger partial charge in [0.1, 0.15) is 18.8 Å². The lowest BCUT2D eigenvalue weighted by molar-refractivity contribution is -0.190. The van der Waals surface area contributed by atoms with Crippen LogP contribution < -0.4 is 0 Å². The Morgan fingerprint density at radius 2 is 2.08 bits per heavy atom. The number of hydrogen-bond donors (Lipinski definition) is 1. The van der Waals surface area contributed by atoms with Crippen LogP contribution in [0.3, 0.4) is 0 Å². The number of nitrogens with zero attached hydrogens (tertiary/aromatic N) is 1. The van der Waals surface area contributed by atoms with Crippen LogP contribution in [0.4, 0.5) is 13.2 Å². The lowest BCUT2D eigenvalue weighted by atomic mass is 9.93. The highest BCUT2D eigenvalue weighted by Gasteiger charge is 2.38. The molecule has 0 aliphatic carbocycles. The van der Waals surface area contributed by atoms with Gasteiger partial charge in [0, 0.05) is 17.4 Å². The number of alkyl halides is 3. The number of fused-ring (bicyclic) bond motifs is 1. The molecule has 0 saturated heterocycles. The molecule has 2 unspecified atom stereocenters. The van der Waals surface area contributed by atoms with Gasteiger partial charge < -0.3 is 14.7 Å². The molecule has 1 aromatic rings. The quantitative estimate of drug-likeness (QED) is 0.829. The van der Waals surface area contributed by atoms with E-state index in [1.165, 1.54) is 6.92 Å². The highest BCUT2D eigenvalue weighted by atomic mass is 79.9. The molecule has 1 amide bonds. The van der Waals surface area contributed by atoms with E-state index in [1.807, 2.05) is 0 Å². The van der Waals surface area contributed by atoms with Crippen LogP contribution in [-0.2, 0) is 27.3 Å². The number of amides is 1. The number of aliphatic carboxylic acids is 1. The van der Waals surface area contributed by atoms with Crippen molar-refractivity contribution in [1.82, 2.24) is 4.90 Å². The van der Waals surface area contributed by atoms with E-state index in [0.717, 1.165) is 20.5 Å². The van der Waals surface area contributed by atoms with Crippen LogP contribution in [0.5, 0.6) is 0 Å². The second kappa shape index (κ2) is 7.10. The molecule has 1 aliphatic heterocycles. The summed E-state index contributed by atoms with van der Waals surface area (Å²) in [6.45, 7) is -0.374. The number of carboxylic acids is 1. The van der Waals surface area contributed by atoms with Crippen molar-refractivity contribution < 1.29 is 32.6 Å². The minimum absolute atomic E-state index is 0.00426. The Bertz CT molecular complexity index is 650. The Hall–Kier alpha value is -1.61. The van der Waals surface area contributed by atoms with Crippen molar-refractivity contribution >= 4 is 27.8 Å². The van der Waals surface area contributed by atoms with E-state index >= 15 is 0 Å². The average molecular weight is 410 g/mol. The van der Waals surface area contributed by atoms with Gasteiger partial charge in [-0.25, -0.2) is 4.79 Å². The van der Waals surface area contributed by atoms with Gasteiger partial charge in [0.25, 0.3) is 5.91 Å². The van der Waals surface area contributed by atoms with Crippen LogP contribution in [0.25, 0.3) is 0 Å². The topological polar surface area (TPSA) is 66.8 Å². The molecule has 2 atom stereocenters. The summed E-state index contributed by atoms with van der Waals surface area (Å²) >= 11 is 3.30. The van der Waals surface area contributed by atoms with Gasteiger partial charge in [-0.15, -0.1) is 0 Å². The summed E-state index contributed by atoms with van der Waals surface area (Å²) in [6, 6.07) is 4.16. The van der Waals surface area contributed by atoms with E-state index in [9.17, 15) is 27.9 Å². The molecule has 0 saturated carbocycles. The van der Waals surface area contributed by atoms with Gasteiger partial charge >= 0.3 is 12.1 Å². The number of benzene rings is 1. The molecule has 9 heteroatoms. The first-order chi connectivity index (χ1) is 11.1. The number of carbonyl (C=O) groups is 2. The number of halogens is 4. The molecule has 0 bridgehead atoms. The fourth-order valence-electron chi connectivity index (χ4n) is 2.53. The van der Waals surface area contributed by atoms with E-state index in [2.05, 4.69) is 20.7 Å². The van der Waals surface area contributed by atoms with Crippen molar-refractivity contribution in [3.05, 3.63) is 33.8 Å². The summed E-state index contributed by atoms with van der Waals surface area (Å²) in [7, 11) is 0. The fraction of sp³-hybridized carbons (Fsp3) is 0.467. The third-order valence-electron chi connectivity index (χ3n) is 3.71. The van der Waals surface area contributed by atoms with Crippen LogP contribution in [-0.4, -0.2) is 46.8 Å². The smallest absolute Gasteiger partial charge is 0.411 e. The van der Waals surface area contributed by atoms with Crippen LogP contribution in [0.1, 0.15) is 18.1 Å². The number of ether oxygens (including phenoxy) is 1. The second-order valence-electron chi connectivity index (χ2n) is 5.51. The molecular formula is C15H15BrF3NO4. The lowest BCUT2D eigenvalue weighted by Crippen LogP contribution is -2.52. The van der Waals surface area contributed by atoms with Gasteiger partial charge in [-0.05, 0) is 30.2 Å². The maximum absolute atomic E-state index is 12.4. The van der Waals surface area contributed by atoms with Gasteiger partial charge in [-0.2, -0.15) is 13.2 Å². The molecule has 1 aromatic carbocycles. The monoisotopic (exact) mass is 409 g/mol. The van der Waals surface area contributed by atoms with Gasteiger partial charge in [-0.3, -0.25) is 4.79 Å². The number of carboxylic acid groups (broad SMARTS) is 1. The zero-order chi connectivity index (χ0) is 18.1. The Morgan fingerprint density at radius 3 is 2.67 bits per heavy atom. The van der Waals surface area contributed by atoms with E-state index < -0.39 is 36.8 Å². The van der Waals surface area contributed by atoms with E-state index in [4.69, 9.17) is 0 Å². The molecule has 0 aromatic heterocycles. The van der Waals surface area contributed by atoms with E-state index in [0.29, 0.717) is 0 Å². The minimum Gasteiger partial charge on any atom is -0.480 e. The largest absolute Gasteiger partial charge is 0.480 e. The van der Waals surface area contributed by atoms with Gasteiger partial charge in [0.2, 0.25) is 0 Å². The molecule has 132 valence electrons. The second-order valence-corrected chi connectivity index (χ2v) is 6.42. The summed E-state index contributed by atoms with van der Waals surface area (Å²) in [4.78, 5) is 24.9. The van der Waals surface area contributed by atoms with E-state index in [-0.39, 0.29) is 13.0 Å². The van der Waals surface area contributed by atoms with Gasteiger partial charge in [0.05, 0.1) is 0 Å². The molecular weight excluding hydrogens is 395 g/mol. The summed E-state index contributed by atoms with van der Waals surface area (Å²) < 4.78 is 42.0. The third-order valence-corrected chi connectivity index (χ3v) is 4.20. The van der Waals surface area contributed by atoms with Crippen molar-refractivity contribution in [1.29, 1.82) is 0 Å². The third kappa shape index (κ3) is 4.47. The SMILES string of the molecule is CC(OCC(F)(F)F)C(=O)N1Cc2cc(Br)ccc2CC1C(=O)O. The fourth-order valence-corrected chi connectivity index (χ4v) is 2.94. The molecule has 5 nitrogen and oxygen atoms in total. The first kappa shape index (κ1) is 18.7. The predicted octanol–water partition coefficient (Wildman–Crippen LogP) is 2.75. The Labute approximate surface area is 144 Å². The molecule has 1 heterocycles. The Balaban J connectivity index is 2.19. The van der Waals surface area contributed by atoms with E-state index in [1.54, 1.807) is 18.2 Å². The maximum atomic E-state index is 12.4. The zero-order valence-electron chi connectivity index (χ0n) is 12.6. The summed E-state index contributed by atoms with van der Waals surface area (Å²) in [6.07, 6.45) is -5.85. The highest BCUT2D eigenvalue weighted by Crippen LogP contribution is 2.27. The van der Waals surface area contributed by atoms with Crippen LogP contribution >= 0.6 is 15.9 Å². The molecule has 1 N–H and O–H groups in total. The number of rotatable bonds is 4. The number of hydrogen-bond acceptors (Lipinski definition) is 3. The molecule has 0 radical (unpaired) electrons. The van der Waals surface area contributed by atoms with Crippen LogP contribution in [0.2, 0.25) is 0 Å². The first-order valence-electron chi connectivity index (χ1n) is 7.07. The summed E-state index contributed by atoms with van der Waals surface area (Å²) in [5.41, 5.74) is 1.54. The Morgan fingerprint density at radius 1 is 1.42 bits per heavy atom. The maximum Gasteiger partial charge on any atom is 0.411 e. The zero-order valence-corrected chi connectivity index (χ0v) is 14.2. The molecule has 1 aliphatic rings. The molecule has 0 spiro atoms. The van der Waals surface area contributed by atoms with Crippen molar-refractivity contribution in [2.75, 3.05) is 6.61 Å². The average Bonchev–Trinajstić information content (AvgIpc) is 2.49. The minimum atomic E-state index is -4.56. The molecule has 0 fully saturated rings. The molecule has 2 rings (SSSR count). The standard InChI is InChI=1S/C15H15BrF3NO4/c1-8(24-7-15(17,18)19)13(21)20-6-10-4-11(16)3-2-9(10)5-12(20)14(22)23/h2-4,8,12H,5-7H2,1H3,(H,22,23). The van der Waals surface area contributed by atoms with Crippen LogP contribution in [0.15, 0.2) is 22.7 Å². The van der Waals surface area contributed by atoms with Crippen molar-refractivity contribution in [3.63, 3.8) is 0 Å². The predicted molar refractivity (Wildman–Crippen MR) is 81.3 cm³/mol. The normalized spacial score (nSPS) is 18.9.